The van der Waals surface area contributed by atoms with E-state index in [1.807, 2.05) is 49.4 Å². The zero-order valence-corrected chi connectivity index (χ0v) is 20.7. The van der Waals surface area contributed by atoms with Gasteiger partial charge in [-0.15, -0.1) is 0 Å². The molecule has 1 heterocycles. The number of imide groups is 1. The Bertz CT molecular complexity index is 1280. The summed E-state index contributed by atoms with van der Waals surface area (Å²) in [5, 5.41) is 3.59. The van der Waals surface area contributed by atoms with Gasteiger partial charge in [0.05, 0.1) is 16.6 Å². The molecular formula is C25H19BrCl2N2O3. The Morgan fingerprint density at radius 2 is 1.82 bits per heavy atom. The molecule has 8 heteroatoms. The van der Waals surface area contributed by atoms with Crippen LogP contribution in [0.3, 0.4) is 0 Å². The molecule has 1 aliphatic rings. The molecule has 168 valence electrons. The van der Waals surface area contributed by atoms with Crippen molar-refractivity contribution in [2.75, 3.05) is 0 Å². The standard InChI is InChI=1S/C25H19BrCl2N2O3/c1-15-3-2-4-16(9-15)13-30-24(31)22(29-25(30)32)12-18-11-19(26)6-8-23(18)33-14-17-5-7-20(27)21(28)10-17/h2-12H,13-14H2,1H3,(H,29,32)/b22-12+. The zero-order chi connectivity index (χ0) is 23.5. The number of benzene rings is 3. The van der Waals surface area contributed by atoms with Crippen LogP contribution in [0.5, 0.6) is 5.75 Å². The van der Waals surface area contributed by atoms with E-state index in [2.05, 4.69) is 21.2 Å². The van der Waals surface area contributed by atoms with Crippen LogP contribution in [0.4, 0.5) is 4.79 Å². The molecule has 0 saturated carbocycles. The van der Waals surface area contributed by atoms with Crippen LogP contribution < -0.4 is 10.1 Å². The first kappa shape index (κ1) is 23.4. The number of urea groups is 1. The summed E-state index contributed by atoms with van der Waals surface area (Å²) >= 11 is 15.5. The topological polar surface area (TPSA) is 58.6 Å². The molecule has 1 saturated heterocycles. The fourth-order valence-corrected chi connectivity index (χ4v) is 4.12. The molecule has 0 bridgehead atoms. The highest BCUT2D eigenvalue weighted by Crippen LogP contribution is 2.29. The van der Waals surface area contributed by atoms with E-state index in [1.54, 1.807) is 24.3 Å². The van der Waals surface area contributed by atoms with E-state index in [0.29, 0.717) is 21.4 Å². The van der Waals surface area contributed by atoms with Crippen LogP contribution >= 0.6 is 39.1 Å². The third kappa shape index (κ3) is 5.58. The van der Waals surface area contributed by atoms with Gasteiger partial charge in [0.15, 0.2) is 0 Å². The lowest BCUT2D eigenvalue weighted by Gasteiger charge is -2.12. The van der Waals surface area contributed by atoms with Crippen LogP contribution in [0.25, 0.3) is 6.08 Å². The van der Waals surface area contributed by atoms with Gasteiger partial charge in [-0.25, -0.2) is 4.79 Å². The van der Waals surface area contributed by atoms with E-state index < -0.39 is 11.9 Å². The Morgan fingerprint density at radius 1 is 1.00 bits per heavy atom. The second-order valence-corrected chi connectivity index (χ2v) is 9.32. The molecule has 0 spiro atoms. The molecular weight excluding hydrogens is 527 g/mol. The molecule has 4 rings (SSSR count). The average Bonchev–Trinajstić information content (AvgIpc) is 3.03. The molecule has 1 aliphatic heterocycles. The van der Waals surface area contributed by atoms with Gasteiger partial charge >= 0.3 is 6.03 Å². The molecule has 1 fully saturated rings. The van der Waals surface area contributed by atoms with Crippen molar-refractivity contribution in [1.29, 1.82) is 0 Å². The number of nitrogens with one attached hydrogen (secondary N) is 1. The van der Waals surface area contributed by atoms with Crippen molar-refractivity contribution in [3.63, 3.8) is 0 Å². The maximum atomic E-state index is 12.9. The fraction of sp³-hybridized carbons (Fsp3) is 0.120. The van der Waals surface area contributed by atoms with Crippen molar-refractivity contribution < 1.29 is 14.3 Å². The highest BCUT2D eigenvalue weighted by molar-refractivity contribution is 9.10. The summed E-state index contributed by atoms with van der Waals surface area (Å²) in [5.41, 5.74) is 3.62. The molecule has 0 aliphatic carbocycles. The summed E-state index contributed by atoms with van der Waals surface area (Å²) in [4.78, 5) is 26.6. The van der Waals surface area contributed by atoms with E-state index in [9.17, 15) is 9.59 Å². The Hall–Kier alpha value is -2.80. The molecule has 3 amide bonds. The Labute approximate surface area is 210 Å². The summed E-state index contributed by atoms with van der Waals surface area (Å²) in [6.07, 6.45) is 1.62. The third-order valence-electron chi connectivity index (χ3n) is 5.04. The molecule has 33 heavy (non-hydrogen) atoms. The summed E-state index contributed by atoms with van der Waals surface area (Å²) in [6, 6.07) is 18.0. The smallest absolute Gasteiger partial charge is 0.329 e. The summed E-state index contributed by atoms with van der Waals surface area (Å²) in [5.74, 6) is 0.160. The average molecular weight is 546 g/mol. The van der Waals surface area contributed by atoms with E-state index in [-0.39, 0.29) is 18.8 Å². The van der Waals surface area contributed by atoms with E-state index in [0.717, 1.165) is 21.2 Å². The van der Waals surface area contributed by atoms with Crippen LogP contribution in [0.2, 0.25) is 10.0 Å². The monoisotopic (exact) mass is 544 g/mol. The van der Waals surface area contributed by atoms with Crippen LogP contribution in [-0.4, -0.2) is 16.8 Å². The lowest BCUT2D eigenvalue weighted by Crippen LogP contribution is -2.30. The largest absolute Gasteiger partial charge is 0.488 e. The van der Waals surface area contributed by atoms with Crippen molar-refractivity contribution in [3.05, 3.63) is 103 Å². The number of carbonyl (C=O) groups excluding carboxylic acids is 2. The molecule has 0 atom stereocenters. The number of hydrogen-bond acceptors (Lipinski definition) is 3. The van der Waals surface area contributed by atoms with E-state index in [4.69, 9.17) is 27.9 Å². The second kappa shape index (κ2) is 10.00. The van der Waals surface area contributed by atoms with Crippen molar-refractivity contribution in [2.45, 2.75) is 20.1 Å². The van der Waals surface area contributed by atoms with Gasteiger partial charge in [-0.3, -0.25) is 9.69 Å². The first-order chi connectivity index (χ1) is 15.8. The van der Waals surface area contributed by atoms with E-state index >= 15 is 0 Å². The lowest BCUT2D eigenvalue weighted by atomic mass is 10.1. The molecule has 1 N–H and O–H groups in total. The minimum atomic E-state index is -0.457. The van der Waals surface area contributed by atoms with Gasteiger partial charge in [0.2, 0.25) is 0 Å². The number of nitrogens with zero attached hydrogens (tertiary/aromatic N) is 1. The SMILES string of the molecule is Cc1cccc(CN2C(=O)N/C(=C/c3cc(Br)ccc3OCc3ccc(Cl)c(Cl)c3)C2=O)c1. The number of hydrogen-bond donors (Lipinski definition) is 1. The Morgan fingerprint density at radius 3 is 2.58 bits per heavy atom. The van der Waals surface area contributed by atoms with Gasteiger partial charge in [-0.2, -0.15) is 0 Å². The predicted molar refractivity (Wildman–Crippen MR) is 133 cm³/mol. The minimum Gasteiger partial charge on any atom is -0.488 e. The Balaban J connectivity index is 1.55. The number of ether oxygens (including phenoxy) is 1. The number of amides is 3. The van der Waals surface area contributed by atoms with Gasteiger partial charge in [0.25, 0.3) is 5.91 Å². The zero-order valence-electron chi connectivity index (χ0n) is 17.6. The first-order valence-corrected chi connectivity index (χ1v) is 11.6. The number of carbonyl (C=O) groups is 2. The van der Waals surface area contributed by atoms with Crippen molar-refractivity contribution in [1.82, 2.24) is 10.2 Å². The molecule has 0 unspecified atom stereocenters. The summed E-state index contributed by atoms with van der Waals surface area (Å²) in [6.45, 7) is 2.42. The van der Waals surface area contributed by atoms with Gasteiger partial charge in [-0.05, 0) is 54.5 Å². The quantitative estimate of drug-likeness (QED) is 0.276. The molecule has 5 nitrogen and oxygen atoms in total. The molecule has 0 radical (unpaired) electrons. The van der Waals surface area contributed by atoms with Crippen LogP contribution in [0.15, 0.2) is 70.8 Å². The van der Waals surface area contributed by atoms with Crippen LogP contribution in [0, 0.1) is 6.92 Å². The Kier molecular flexibility index (Phi) is 7.08. The number of halogens is 3. The number of aryl methyl sites for hydroxylation is 1. The number of rotatable bonds is 6. The van der Waals surface area contributed by atoms with Gasteiger partial charge in [0, 0.05) is 10.0 Å². The van der Waals surface area contributed by atoms with Crippen molar-refractivity contribution in [2.24, 2.45) is 0 Å². The highest BCUT2D eigenvalue weighted by atomic mass is 79.9. The first-order valence-electron chi connectivity index (χ1n) is 10.1. The maximum absolute atomic E-state index is 12.9. The summed E-state index contributed by atoms with van der Waals surface area (Å²) in [7, 11) is 0. The normalized spacial score (nSPS) is 14.7. The van der Waals surface area contributed by atoms with Crippen LogP contribution in [0.1, 0.15) is 22.3 Å². The predicted octanol–water partition coefficient (Wildman–Crippen LogP) is 6.74. The summed E-state index contributed by atoms with van der Waals surface area (Å²) < 4.78 is 6.79. The molecule has 3 aromatic carbocycles. The van der Waals surface area contributed by atoms with Gasteiger partial charge in [-0.1, -0.05) is 75.0 Å². The van der Waals surface area contributed by atoms with Gasteiger partial charge < -0.3 is 10.1 Å². The van der Waals surface area contributed by atoms with Crippen LogP contribution in [-0.2, 0) is 17.9 Å². The van der Waals surface area contributed by atoms with E-state index in [1.165, 1.54) is 4.90 Å². The minimum absolute atomic E-state index is 0.185. The lowest BCUT2D eigenvalue weighted by molar-refractivity contribution is -0.123. The fourth-order valence-electron chi connectivity index (χ4n) is 3.42. The van der Waals surface area contributed by atoms with Gasteiger partial charge in [0.1, 0.15) is 18.1 Å². The second-order valence-electron chi connectivity index (χ2n) is 7.59. The molecule has 0 aromatic heterocycles. The third-order valence-corrected chi connectivity index (χ3v) is 6.27. The molecule has 3 aromatic rings. The van der Waals surface area contributed by atoms with Crippen molar-refractivity contribution >= 4 is 57.1 Å². The highest BCUT2D eigenvalue weighted by Gasteiger charge is 2.33. The maximum Gasteiger partial charge on any atom is 0.329 e. The van der Waals surface area contributed by atoms with Crippen molar-refractivity contribution in [3.8, 4) is 5.75 Å².